The maximum absolute atomic E-state index is 5.54. The second-order valence-electron chi connectivity index (χ2n) is 6.49. The highest BCUT2D eigenvalue weighted by molar-refractivity contribution is 7.12. The number of nitrogens with one attached hydrogen (secondary N) is 2. The van der Waals surface area contributed by atoms with Gasteiger partial charge in [-0.3, -0.25) is 9.58 Å². The largest absolute Gasteiger partial charge is 0.379 e. The maximum Gasteiger partial charge on any atom is 0.191 e. The van der Waals surface area contributed by atoms with Gasteiger partial charge in [-0.05, 0) is 26.0 Å². The summed E-state index contributed by atoms with van der Waals surface area (Å²) in [5, 5.41) is 10.9. The number of hydrogen-bond acceptors (Lipinski definition) is 6. The van der Waals surface area contributed by atoms with E-state index in [1.807, 2.05) is 18.4 Å². The molecule has 1 saturated heterocycles. The number of aliphatic imine (C=N–C) groups is 1. The van der Waals surface area contributed by atoms with Crippen molar-refractivity contribution in [1.29, 1.82) is 0 Å². The van der Waals surface area contributed by atoms with E-state index in [2.05, 4.69) is 56.6 Å². The standard InChI is InChI=1S/C18H29N7OS/c1-4-19-18(21-12-17-22-13-23-24(17)3)20-11-15(16-6-5-14(2)27-16)25-7-9-26-10-8-25/h5-6,13,15H,4,7-12H2,1-3H3,(H2,19,20,21). The van der Waals surface area contributed by atoms with E-state index in [9.17, 15) is 0 Å². The van der Waals surface area contributed by atoms with Gasteiger partial charge >= 0.3 is 0 Å². The number of rotatable bonds is 7. The molecular formula is C18H29N7OS. The monoisotopic (exact) mass is 391 g/mol. The lowest BCUT2D eigenvalue weighted by Crippen LogP contribution is -2.46. The first-order chi connectivity index (χ1) is 13.2. The first-order valence-corrected chi connectivity index (χ1v) is 10.2. The van der Waals surface area contributed by atoms with Crippen LogP contribution in [-0.2, 0) is 18.3 Å². The number of hydrogen-bond donors (Lipinski definition) is 2. The van der Waals surface area contributed by atoms with Crippen molar-refractivity contribution < 1.29 is 4.74 Å². The average molecular weight is 392 g/mol. The molecule has 3 rings (SSSR count). The Balaban J connectivity index is 1.68. The number of ether oxygens (including phenoxy) is 1. The third-order valence-electron chi connectivity index (χ3n) is 4.57. The number of aromatic nitrogens is 3. The molecule has 1 aliphatic heterocycles. The second kappa shape index (κ2) is 9.82. The fraction of sp³-hybridized carbons (Fsp3) is 0.611. The van der Waals surface area contributed by atoms with Crippen LogP contribution >= 0.6 is 11.3 Å². The molecule has 8 nitrogen and oxygen atoms in total. The number of thiophene rings is 1. The summed E-state index contributed by atoms with van der Waals surface area (Å²) in [6, 6.07) is 4.75. The van der Waals surface area contributed by atoms with Crippen LogP contribution in [0.25, 0.3) is 0 Å². The summed E-state index contributed by atoms with van der Waals surface area (Å²) in [5.41, 5.74) is 0. The summed E-state index contributed by atoms with van der Waals surface area (Å²) in [6.07, 6.45) is 1.55. The van der Waals surface area contributed by atoms with Crippen LogP contribution in [0.15, 0.2) is 23.5 Å². The van der Waals surface area contributed by atoms with E-state index in [0.717, 1.165) is 51.2 Å². The van der Waals surface area contributed by atoms with Crippen molar-refractivity contribution in [2.45, 2.75) is 26.4 Å². The Morgan fingerprint density at radius 2 is 2.15 bits per heavy atom. The van der Waals surface area contributed by atoms with Gasteiger partial charge in [0.15, 0.2) is 5.96 Å². The molecule has 27 heavy (non-hydrogen) atoms. The SMILES string of the molecule is CCNC(=NCc1ncnn1C)NCC(c1ccc(C)s1)N1CCOCC1. The van der Waals surface area contributed by atoms with Gasteiger partial charge in [0, 0.05) is 43.0 Å². The Bertz CT molecular complexity index is 736. The lowest BCUT2D eigenvalue weighted by molar-refractivity contribution is 0.0177. The summed E-state index contributed by atoms with van der Waals surface area (Å²) < 4.78 is 7.28. The van der Waals surface area contributed by atoms with Crippen molar-refractivity contribution in [2.24, 2.45) is 12.0 Å². The molecule has 2 aromatic rings. The number of aryl methyl sites for hydroxylation is 2. The molecule has 3 heterocycles. The van der Waals surface area contributed by atoms with E-state index in [4.69, 9.17) is 4.74 Å². The van der Waals surface area contributed by atoms with Crippen molar-refractivity contribution in [3.63, 3.8) is 0 Å². The van der Waals surface area contributed by atoms with E-state index in [0.29, 0.717) is 12.6 Å². The predicted molar refractivity (Wildman–Crippen MR) is 108 cm³/mol. The molecule has 0 aromatic carbocycles. The summed E-state index contributed by atoms with van der Waals surface area (Å²) in [5.74, 6) is 1.64. The molecule has 1 fully saturated rings. The third-order valence-corrected chi connectivity index (χ3v) is 5.67. The quantitative estimate of drug-likeness (QED) is 0.547. The average Bonchev–Trinajstić information content (AvgIpc) is 3.29. The van der Waals surface area contributed by atoms with Gasteiger partial charge in [-0.15, -0.1) is 11.3 Å². The molecular weight excluding hydrogens is 362 g/mol. The van der Waals surface area contributed by atoms with Gasteiger partial charge in [-0.1, -0.05) is 0 Å². The number of nitrogens with zero attached hydrogens (tertiary/aromatic N) is 5. The Morgan fingerprint density at radius 3 is 2.78 bits per heavy atom. The molecule has 9 heteroatoms. The van der Waals surface area contributed by atoms with Crippen LogP contribution < -0.4 is 10.6 Å². The van der Waals surface area contributed by atoms with Gasteiger partial charge < -0.3 is 15.4 Å². The van der Waals surface area contributed by atoms with Crippen LogP contribution in [0, 0.1) is 6.92 Å². The van der Waals surface area contributed by atoms with Crippen molar-refractivity contribution in [3.05, 3.63) is 34.0 Å². The second-order valence-corrected chi connectivity index (χ2v) is 7.81. The van der Waals surface area contributed by atoms with Crippen molar-refractivity contribution in [3.8, 4) is 0 Å². The molecule has 1 unspecified atom stereocenters. The van der Waals surface area contributed by atoms with Gasteiger partial charge in [-0.25, -0.2) is 9.98 Å². The van der Waals surface area contributed by atoms with Crippen LogP contribution in [0.5, 0.6) is 0 Å². The Labute approximate surface area is 164 Å². The summed E-state index contributed by atoms with van der Waals surface area (Å²) in [4.78, 5) is 14.1. The van der Waals surface area contributed by atoms with Crippen molar-refractivity contribution >= 4 is 17.3 Å². The zero-order chi connectivity index (χ0) is 19.1. The zero-order valence-electron chi connectivity index (χ0n) is 16.3. The molecule has 0 aliphatic carbocycles. The highest BCUT2D eigenvalue weighted by Gasteiger charge is 2.24. The first kappa shape index (κ1) is 19.8. The van der Waals surface area contributed by atoms with E-state index >= 15 is 0 Å². The molecule has 0 radical (unpaired) electrons. The van der Waals surface area contributed by atoms with Crippen LogP contribution in [0.3, 0.4) is 0 Å². The molecule has 1 atom stereocenters. The smallest absolute Gasteiger partial charge is 0.191 e. The molecule has 148 valence electrons. The highest BCUT2D eigenvalue weighted by atomic mass is 32.1. The lowest BCUT2D eigenvalue weighted by atomic mass is 10.2. The van der Waals surface area contributed by atoms with E-state index in [1.54, 1.807) is 11.0 Å². The molecule has 0 bridgehead atoms. The number of guanidine groups is 1. The third kappa shape index (κ3) is 5.50. The van der Waals surface area contributed by atoms with Gasteiger partial charge in [-0.2, -0.15) is 5.10 Å². The minimum absolute atomic E-state index is 0.311. The Kier molecular flexibility index (Phi) is 7.19. The van der Waals surface area contributed by atoms with E-state index in [-0.39, 0.29) is 0 Å². The van der Waals surface area contributed by atoms with Crippen molar-refractivity contribution in [2.75, 3.05) is 39.4 Å². The fourth-order valence-electron chi connectivity index (χ4n) is 3.08. The van der Waals surface area contributed by atoms with E-state index in [1.165, 1.54) is 9.75 Å². The highest BCUT2D eigenvalue weighted by Crippen LogP contribution is 2.27. The normalized spacial score (nSPS) is 17.1. The summed E-state index contributed by atoms with van der Waals surface area (Å²) >= 11 is 1.86. The molecule has 0 saturated carbocycles. The molecule has 0 amide bonds. The van der Waals surface area contributed by atoms with Gasteiger partial charge in [0.2, 0.25) is 0 Å². The minimum atomic E-state index is 0.311. The van der Waals surface area contributed by atoms with Gasteiger partial charge in [0.25, 0.3) is 0 Å². The summed E-state index contributed by atoms with van der Waals surface area (Å²) in [7, 11) is 1.88. The fourth-order valence-corrected chi connectivity index (χ4v) is 4.09. The first-order valence-electron chi connectivity index (χ1n) is 9.40. The maximum atomic E-state index is 5.54. The van der Waals surface area contributed by atoms with Crippen LogP contribution in [0.1, 0.15) is 28.5 Å². The molecule has 2 N–H and O–H groups in total. The van der Waals surface area contributed by atoms with Crippen LogP contribution in [0.4, 0.5) is 0 Å². The Morgan fingerprint density at radius 1 is 1.33 bits per heavy atom. The minimum Gasteiger partial charge on any atom is -0.379 e. The lowest BCUT2D eigenvalue weighted by Gasteiger charge is -2.34. The van der Waals surface area contributed by atoms with Crippen LogP contribution in [0.2, 0.25) is 0 Å². The molecule has 2 aromatic heterocycles. The van der Waals surface area contributed by atoms with Crippen LogP contribution in [-0.4, -0.2) is 65.0 Å². The molecule has 0 spiro atoms. The number of morpholine rings is 1. The van der Waals surface area contributed by atoms with E-state index < -0.39 is 0 Å². The Hall–Kier alpha value is -1.97. The molecule has 1 aliphatic rings. The van der Waals surface area contributed by atoms with Crippen molar-refractivity contribution in [1.82, 2.24) is 30.3 Å². The van der Waals surface area contributed by atoms with Gasteiger partial charge in [0.1, 0.15) is 18.7 Å². The predicted octanol–water partition coefficient (Wildman–Crippen LogP) is 1.31. The van der Waals surface area contributed by atoms with Gasteiger partial charge in [0.05, 0.1) is 19.3 Å². The summed E-state index contributed by atoms with van der Waals surface area (Å²) in [6.45, 7) is 9.82. The zero-order valence-corrected chi connectivity index (χ0v) is 17.1. The topological polar surface area (TPSA) is 79.6 Å².